The summed E-state index contributed by atoms with van der Waals surface area (Å²) in [5.74, 6) is -0.349. The molecule has 2 aliphatic rings. The minimum atomic E-state index is -0.630. The fourth-order valence-electron chi connectivity index (χ4n) is 4.64. The highest BCUT2D eigenvalue weighted by Crippen LogP contribution is 2.36. The number of esters is 1. The zero-order valence-electron chi connectivity index (χ0n) is 20.0. The number of carbonyl (C=O) groups is 1. The Morgan fingerprint density at radius 2 is 1.94 bits per heavy atom. The van der Waals surface area contributed by atoms with E-state index in [0.717, 1.165) is 25.7 Å². The number of hydrogen-bond donors (Lipinski definition) is 2. The third kappa shape index (κ3) is 9.34. The fourth-order valence-corrected chi connectivity index (χ4v) is 4.64. The van der Waals surface area contributed by atoms with E-state index in [1.807, 2.05) is 6.08 Å². The number of ether oxygens (including phenoxy) is 3. The second kappa shape index (κ2) is 15.6. The summed E-state index contributed by atoms with van der Waals surface area (Å²) in [5, 5.41) is 20.8. The number of rotatable bonds is 14. The third-order valence-corrected chi connectivity index (χ3v) is 6.59. The van der Waals surface area contributed by atoms with Gasteiger partial charge in [-0.1, -0.05) is 50.5 Å². The third-order valence-electron chi connectivity index (χ3n) is 6.59. The minimum absolute atomic E-state index is 0.00423. The first-order valence-corrected chi connectivity index (χ1v) is 12.6. The second-order valence-electron chi connectivity index (χ2n) is 9.12. The van der Waals surface area contributed by atoms with Crippen LogP contribution < -0.4 is 0 Å². The molecular weight excluding hydrogens is 408 g/mol. The van der Waals surface area contributed by atoms with E-state index in [2.05, 4.69) is 25.2 Å². The highest BCUT2D eigenvalue weighted by molar-refractivity contribution is 5.74. The lowest BCUT2D eigenvalue weighted by Crippen LogP contribution is -2.33. The predicted octanol–water partition coefficient (Wildman–Crippen LogP) is 4.68. The molecule has 6 heteroatoms. The van der Waals surface area contributed by atoms with Crippen LogP contribution in [0.1, 0.15) is 84.0 Å². The zero-order chi connectivity index (χ0) is 23.2. The van der Waals surface area contributed by atoms with Crippen molar-refractivity contribution in [1.29, 1.82) is 0 Å². The first-order chi connectivity index (χ1) is 15.6. The Bertz CT molecular complexity index is 569. The van der Waals surface area contributed by atoms with Crippen LogP contribution >= 0.6 is 0 Å². The lowest BCUT2D eigenvalue weighted by atomic mass is 9.89. The van der Waals surface area contributed by atoms with Crippen molar-refractivity contribution in [3.05, 3.63) is 24.3 Å². The summed E-state index contributed by atoms with van der Waals surface area (Å²) < 4.78 is 16.3. The van der Waals surface area contributed by atoms with E-state index in [1.54, 1.807) is 0 Å². The molecule has 32 heavy (non-hydrogen) atoms. The Morgan fingerprint density at radius 1 is 1.09 bits per heavy atom. The molecule has 0 aromatic rings. The molecule has 6 nitrogen and oxygen atoms in total. The quantitative estimate of drug-likeness (QED) is 0.226. The maximum atomic E-state index is 12.1. The molecule has 184 valence electrons. The minimum Gasteiger partial charge on any atom is -0.467 e. The van der Waals surface area contributed by atoms with Crippen molar-refractivity contribution >= 4 is 5.97 Å². The van der Waals surface area contributed by atoms with Gasteiger partial charge < -0.3 is 24.4 Å². The summed E-state index contributed by atoms with van der Waals surface area (Å²) in [4.78, 5) is 12.1. The number of unbranched alkanes of at least 4 members (excludes halogenated alkanes) is 4. The average molecular weight is 453 g/mol. The van der Waals surface area contributed by atoms with E-state index >= 15 is 0 Å². The number of methoxy groups -OCH3 is 1. The number of carbonyl (C=O) groups excluding carboxylic acids is 1. The van der Waals surface area contributed by atoms with Gasteiger partial charge >= 0.3 is 5.97 Å². The largest absolute Gasteiger partial charge is 0.467 e. The van der Waals surface area contributed by atoms with Gasteiger partial charge in [0, 0.05) is 18.9 Å². The van der Waals surface area contributed by atoms with E-state index in [-0.39, 0.29) is 24.1 Å². The predicted molar refractivity (Wildman–Crippen MR) is 125 cm³/mol. The van der Waals surface area contributed by atoms with Crippen LogP contribution in [0.5, 0.6) is 0 Å². The smallest absolute Gasteiger partial charge is 0.335 e. The van der Waals surface area contributed by atoms with Gasteiger partial charge in [0.1, 0.15) is 0 Å². The first-order valence-electron chi connectivity index (χ1n) is 12.6. The first kappa shape index (κ1) is 27.0. The average Bonchev–Trinajstić information content (AvgIpc) is 3.07. The van der Waals surface area contributed by atoms with Gasteiger partial charge in [-0.3, -0.25) is 0 Å². The van der Waals surface area contributed by atoms with Crippen molar-refractivity contribution in [3.63, 3.8) is 0 Å². The molecule has 0 bridgehead atoms. The zero-order valence-corrected chi connectivity index (χ0v) is 20.0. The van der Waals surface area contributed by atoms with Crippen LogP contribution in [-0.2, 0) is 19.0 Å². The Hall–Kier alpha value is -1.21. The van der Waals surface area contributed by atoms with E-state index in [1.165, 1.54) is 32.8 Å². The molecule has 2 fully saturated rings. The molecule has 0 aromatic heterocycles. The maximum Gasteiger partial charge on any atom is 0.335 e. The molecule has 1 aliphatic carbocycles. The van der Waals surface area contributed by atoms with Gasteiger partial charge in [-0.15, -0.1) is 0 Å². The van der Waals surface area contributed by atoms with Crippen LogP contribution in [0.4, 0.5) is 0 Å². The van der Waals surface area contributed by atoms with Crippen molar-refractivity contribution in [2.45, 2.75) is 109 Å². The number of aliphatic hydroxyl groups excluding tert-OH is 2. The summed E-state index contributed by atoms with van der Waals surface area (Å²) >= 11 is 0. The Balaban J connectivity index is 1.78. The van der Waals surface area contributed by atoms with Gasteiger partial charge in [-0.25, -0.2) is 4.79 Å². The van der Waals surface area contributed by atoms with E-state index in [0.29, 0.717) is 32.3 Å². The van der Waals surface area contributed by atoms with Gasteiger partial charge in [-0.2, -0.15) is 0 Å². The van der Waals surface area contributed by atoms with Crippen molar-refractivity contribution < 1.29 is 29.2 Å². The Kier molecular flexibility index (Phi) is 13.2. The second-order valence-corrected chi connectivity index (χ2v) is 9.12. The van der Waals surface area contributed by atoms with Gasteiger partial charge in [0.25, 0.3) is 0 Å². The van der Waals surface area contributed by atoms with Crippen LogP contribution in [-0.4, -0.2) is 54.5 Å². The molecule has 0 aromatic carbocycles. The summed E-state index contributed by atoms with van der Waals surface area (Å²) in [7, 11) is 1.38. The standard InChI is InChI=1S/C26H44O6/c1-3-4-5-6-7-9-14-20-21(23(28)19-22(20)27)15-10-8-11-16-24(26(29)30-2)32-25-17-12-13-18-31-25/h8-10,14,20-25,27-28H,3-7,11-13,15-19H2,1-2H3/b10-8-,14-9+/t20-,21-,22+,23-,24?,25?/m1/s1. The summed E-state index contributed by atoms with van der Waals surface area (Å²) in [6.45, 7) is 2.88. The maximum absolute atomic E-state index is 12.1. The molecule has 6 atom stereocenters. The summed E-state index contributed by atoms with van der Waals surface area (Å²) in [6, 6.07) is 0. The molecule has 2 unspecified atom stereocenters. The number of aliphatic hydroxyl groups is 2. The molecule has 1 saturated carbocycles. The van der Waals surface area contributed by atoms with Crippen molar-refractivity contribution in [1.82, 2.24) is 0 Å². The SMILES string of the molecule is CCCCCC/C=C/[C@@H]1[C@@H](C/C=C\CCC(OC2CCCCO2)C(=O)OC)[C@H](O)C[C@@H]1O. The van der Waals surface area contributed by atoms with Crippen LogP contribution in [0, 0.1) is 11.8 Å². The highest BCUT2D eigenvalue weighted by atomic mass is 16.7. The monoisotopic (exact) mass is 452 g/mol. The van der Waals surface area contributed by atoms with E-state index in [9.17, 15) is 15.0 Å². The van der Waals surface area contributed by atoms with Crippen molar-refractivity contribution in [2.75, 3.05) is 13.7 Å². The normalized spacial score (nSPS) is 29.7. The molecule has 1 heterocycles. The molecule has 0 amide bonds. The van der Waals surface area contributed by atoms with Gasteiger partial charge in [-0.05, 0) is 57.3 Å². The summed E-state index contributed by atoms with van der Waals surface area (Å²) in [5.41, 5.74) is 0. The summed E-state index contributed by atoms with van der Waals surface area (Å²) in [6.07, 6.45) is 17.6. The van der Waals surface area contributed by atoms with Crippen LogP contribution in [0.15, 0.2) is 24.3 Å². The van der Waals surface area contributed by atoms with Crippen molar-refractivity contribution in [2.24, 2.45) is 11.8 Å². The molecular formula is C26H44O6. The topological polar surface area (TPSA) is 85.2 Å². The molecule has 1 aliphatic heterocycles. The van der Waals surface area contributed by atoms with Crippen LogP contribution in [0.3, 0.4) is 0 Å². The Morgan fingerprint density at radius 3 is 2.66 bits per heavy atom. The molecule has 2 N–H and O–H groups in total. The molecule has 2 rings (SSSR count). The van der Waals surface area contributed by atoms with Crippen molar-refractivity contribution in [3.8, 4) is 0 Å². The molecule has 0 spiro atoms. The molecule has 1 saturated heterocycles. The van der Waals surface area contributed by atoms with Gasteiger partial charge in [0.2, 0.25) is 0 Å². The number of allylic oxidation sites excluding steroid dienone is 3. The fraction of sp³-hybridized carbons (Fsp3) is 0.808. The van der Waals surface area contributed by atoms with Crippen LogP contribution in [0.2, 0.25) is 0 Å². The van der Waals surface area contributed by atoms with E-state index in [4.69, 9.17) is 14.2 Å². The van der Waals surface area contributed by atoms with Gasteiger partial charge in [0.15, 0.2) is 12.4 Å². The van der Waals surface area contributed by atoms with E-state index < -0.39 is 18.3 Å². The lowest BCUT2D eigenvalue weighted by Gasteiger charge is -2.26. The van der Waals surface area contributed by atoms with Gasteiger partial charge in [0.05, 0.1) is 19.3 Å². The highest BCUT2D eigenvalue weighted by Gasteiger charge is 2.39. The lowest BCUT2D eigenvalue weighted by molar-refractivity contribution is -0.203. The number of hydrogen-bond acceptors (Lipinski definition) is 6. The Labute approximate surface area is 194 Å². The molecule has 0 radical (unpaired) electrons. The van der Waals surface area contributed by atoms with Crippen LogP contribution in [0.25, 0.3) is 0 Å².